The molecule has 2 atom stereocenters. The first-order valence-corrected chi connectivity index (χ1v) is 10.3. The summed E-state index contributed by atoms with van der Waals surface area (Å²) < 4.78 is 5.48. The number of ether oxygens (including phenoxy) is 1. The summed E-state index contributed by atoms with van der Waals surface area (Å²) in [5, 5.41) is 10.7. The highest BCUT2D eigenvalue weighted by atomic mass is 35.5. The van der Waals surface area contributed by atoms with Crippen LogP contribution in [0.3, 0.4) is 0 Å². The van der Waals surface area contributed by atoms with Crippen molar-refractivity contribution in [2.24, 2.45) is 0 Å². The molecule has 30 heavy (non-hydrogen) atoms. The standard InChI is InChI=1S/C26H29NO2.ClH/c1-29-24-14-8-13-23(19-24)26(20-28)16-18-27(17-15-21-9-4-2-5-10-21)25(26)22-11-6-3-7-12-22;/h2-14,19,25,28H,15-18,20H2,1H3;1H. The molecular weight excluding hydrogens is 394 g/mol. The fourth-order valence-electron chi connectivity index (χ4n) is 4.77. The summed E-state index contributed by atoms with van der Waals surface area (Å²) in [7, 11) is 1.69. The van der Waals surface area contributed by atoms with Crippen molar-refractivity contribution >= 4 is 12.4 Å². The normalized spacial score (nSPS) is 21.2. The van der Waals surface area contributed by atoms with E-state index in [1.54, 1.807) is 7.11 Å². The number of nitrogens with zero attached hydrogens (tertiary/aromatic N) is 1. The summed E-state index contributed by atoms with van der Waals surface area (Å²) in [5.74, 6) is 0.838. The van der Waals surface area contributed by atoms with E-state index < -0.39 is 0 Å². The molecule has 3 aromatic carbocycles. The van der Waals surface area contributed by atoms with Gasteiger partial charge in [0.2, 0.25) is 0 Å². The lowest BCUT2D eigenvalue weighted by atomic mass is 9.72. The quantitative estimate of drug-likeness (QED) is 0.578. The van der Waals surface area contributed by atoms with Crippen LogP contribution in [0, 0.1) is 0 Å². The van der Waals surface area contributed by atoms with E-state index in [0.29, 0.717) is 0 Å². The van der Waals surface area contributed by atoms with E-state index in [-0.39, 0.29) is 30.5 Å². The number of likely N-dealkylation sites (tertiary alicyclic amines) is 1. The fraction of sp³-hybridized carbons (Fsp3) is 0.308. The Morgan fingerprint density at radius 3 is 2.33 bits per heavy atom. The lowest BCUT2D eigenvalue weighted by Crippen LogP contribution is -2.39. The van der Waals surface area contributed by atoms with Crippen molar-refractivity contribution in [2.75, 3.05) is 26.8 Å². The Morgan fingerprint density at radius 1 is 0.967 bits per heavy atom. The van der Waals surface area contributed by atoms with Gasteiger partial charge in [-0.25, -0.2) is 0 Å². The molecule has 4 rings (SSSR count). The molecule has 4 heteroatoms. The average Bonchev–Trinajstić information content (AvgIpc) is 3.18. The number of benzene rings is 3. The molecule has 3 nitrogen and oxygen atoms in total. The van der Waals surface area contributed by atoms with Crippen LogP contribution >= 0.6 is 12.4 Å². The lowest BCUT2D eigenvalue weighted by molar-refractivity contribution is 0.136. The van der Waals surface area contributed by atoms with Crippen LogP contribution in [0.25, 0.3) is 0 Å². The molecule has 1 aliphatic rings. The van der Waals surface area contributed by atoms with Gasteiger partial charge in [-0.05, 0) is 48.2 Å². The molecule has 1 N–H and O–H groups in total. The van der Waals surface area contributed by atoms with Crippen molar-refractivity contribution in [1.82, 2.24) is 4.90 Å². The maximum atomic E-state index is 10.7. The van der Waals surface area contributed by atoms with Gasteiger partial charge in [-0.1, -0.05) is 72.8 Å². The van der Waals surface area contributed by atoms with E-state index in [1.165, 1.54) is 11.1 Å². The molecule has 1 aliphatic heterocycles. The monoisotopic (exact) mass is 423 g/mol. The molecule has 2 unspecified atom stereocenters. The number of aliphatic hydroxyl groups excluding tert-OH is 1. The second-order valence-electron chi connectivity index (χ2n) is 7.88. The van der Waals surface area contributed by atoms with Crippen LogP contribution in [0.1, 0.15) is 29.2 Å². The number of aliphatic hydroxyl groups is 1. The molecule has 1 heterocycles. The van der Waals surface area contributed by atoms with E-state index in [4.69, 9.17) is 4.74 Å². The largest absolute Gasteiger partial charge is 0.497 e. The molecule has 3 aromatic rings. The Labute approximate surface area is 185 Å². The maximum absolute atomic E-state index is 10.7. The number of hydrogen-bond acceptors (Lipinski definition) is 3. The van der Waals surface area contributed by atoms with Crippen molar-refractivity contribution in [3.05, 3.63) is 102 Å². The zero-order chi connectivity index (χ0) is 20.1. The van der Waals surface area contributed by atoms with E-state index >= 15 is 0 Å². The zero-order valence-corrected chi connectivity index (χ0v) is 18.2. The van der Waals surface area contributed by atoms with Gasteiger partial charge in [-0.2, -0.15) is 0 Å². The predicted molar refractivity (Wildman–Crippen MR) is 125 cm³/mol. The number of rotatable bonds is 7. The Kier molecular flexibility index (Phi) is 7.54. The molecule has 0 saturated carbocycles. The minimum absolute atomic E-state index is 0. The van der Waals surface area contributed by atoms with Crippen LogP contribution in [-0.4, -0.2) is 36.8 Å². The maximum Gasteiger partial charge on any atom is 0.119 e. The Morgan fingerprint density at radius 2 is 1.67 bits per heavy atom. The lowest BCUT2D eigenvalue weighted by Gasteiger charge is -2.38. The smallest absolute Gasteiger partial charge is 0.119 e. The molecule has 0 aliphatic carbocycles. The zero-order valence-electron chi connectivity index (χ0n) is 17.4. The number of hydrogen-bond donors (Lipinski definition) is 1. The second-order valence-corrected chi connectivity index (χ2v) is 7.88. The number of halogens is 1. The van der Waals surface area contributed by atoms with E-state index in [0.717, 1.165) is 37.2 Å². The van der Waals surface area contributed by atoms with Crippen LogP contribution in [0.15, 0.2) is 84.9 Å². The third-order valence-corrected chi connectivity index (χ3v) is 6.31. The van der Waals surface area contributed by atoms with Gasteiger partial charge in [0.1, 0.15) is 5.75 Å². The third-order valence-electron chi connectivity index (χ3n) is 6.31. The summed E-state index contributed by atoms with van der Waals surface area (Å²) in [6, 6.07) is 29.6. The fourth-order valence-corrected chi connectivity index (χ4v) is 4.77. The highest BCUT2D eigenvalue weighted by molar-refractivity contribution is 5.85. The van der Waals surface area contributed by atoms with Crippen LogP contribution in [0.4, 0.5) is 0 Å². The summed E-state index contributed by atoms with van der Waals surface area (Å²) in [6.07, 6.45) is 1.93. The molecule has 0 spiro atoms. The van der Waals surface area contributed by atoms with Crippen molar-refractivity contribution < 1.29 is 9.84 Å². The van der Waals surface area contributed by atoms with E-state index in [2.05, 4.69) is 77.7 Å². The first-order valence-electron chi connectivity index (χ1n) is 10.3. The van der Waals surface area contributed by atoms with Gasteiger partial charge in [-0.3, -0.25) is 4.90 Å². The van der Waals surface area contributed by atoms with Gasteiger partial charge in [0.15, 0.2) is 0 Å². The van der Waals surface area contributed by atoms with Gasteiger partial charge >= 0.3 is 0 Å². The van der Waals surface area contributed by atoms with Crippen LogP contribution < -0.4 is 4.74 Å². The van der Waals surface area contributed by atoms with Crippen molar-refractivity contribution in [3.63, 3.8) is 0 Å². The second kappa shape index (κ2) is 10.1. The molecule has 0 aromatic heterocycles. The molecule has 0 radical (unpaired) electrons. The minimum Gasteiger partial charge on any atom is -0.497 e. The van der Waals surface area contributed by atoms with Gasteiger partial charge in [0, 0.05) is 18.0 Å². The van der Waals surface area contributed by atoms with E-state index in [9.17, 15) is 5.11 Å². The third kappa shape index (κ3) is 4.39. The van der Waals surface area contributed by atoms with Crippen molar-refractivity contribution in [2.45, 2.75) is 24.3 Å². The van der Waals surface area contributed by atoms with E-state index in [1.807, 2.05) is 12.1 Å². The molecule has 1 fully saturated rings. The average molecular weight is 424 g/mol. The van der Waals surface area contributed by atoms with Crippen LogP contribution in [0.5, 0.6) is 5.75 Å². The predicted octanol–water partition coefficient (Wildman–Crippen LogP) is 5.04. The summed E-state index contributed by atoms with van der Waals surface area (Å²) >= 11 is 0. The first kappa shape index (κ1) is 22.4. The summed E-state index contributed by atoms with van der Waals surface area (Å²) in [5.41, 5.74) is 3.42. The molecule has 158 valence electrons. The van der Waals surface area contributed by atoms with Crippen molar-refractivity contribution in [3.8, 4) is 5.75 Å². The van der Waals surface area contributed by atoms with Gasteiger partial charge in [0.25, 0.3) is 0 Å². The molecule has 0 amide bonds. The van der Waals surface area contributed by atoms with Crippen molar-refractivity contribution in [1.29, 1.82) is 0 Å². The molecule has 0 bridgehead atoms. The molecule has 1 saturated heterocycles. The highest BCUT2D eigenvalue weighted by Crippen LogP contribution is 2.49. The Hall–Kier alpha value is -2.33. The van der Waals surface area contributed by atoms with Crippen LogP contribution in [0.2, 0.25) is 0 Å². The van der Waals surface area contributed by atoms with Gasteiger partial charge in [-0.15, -0.1) is 12.4 Å². The van der Waals surface area contributed by atoms with Crippen LogP contribution in [-0.2, 0) is 11.8 Å². The summed E-state index contributed by atoms with van der Waals surface area (Å²) in [6.45, 7) is 2.04. The Bertz CT molecular complexity index is 919. The highest BCUT2D eigenvalue weighted by Gasteiger charge is 2.48. The van der Waals surface area contributed by atoms with Gasteiger partial charge in [0.05, 0.1) is 13.7 Å². The molecular formula is C26H30ClNO2. The van der Waals surface area contributed by atoms with Gasteiger partial charge < -0.3 is 9.84 Å². The topological polar surface area (TPSA) is 32.7 Å². The SMILES string of the molecule is COc1cccc(C2(CO)CCN(CCc3ccccc3)C2c2ccccc2)c1.Cl. The summed E-state index contributed by atoms with van der Waals surface area (Å²) in [4.78, 5) is 2.54. The Balaban J connectivity index is 0.00000256. The first-order chi connectivity index (χ1) is 14.3. The number of methoxy groups -OCH3 is 1. The minimum atomic E-state index is -0.341.